The van der Waals surface area contributed by atoms with Crippen LogP contribution in [0, 0.1) is 0 Å². The van der Waals surface area contributed by atoms with Crippen LogP contribution in [0.4, 0.5) is 0 Å². The van der Waals surface area contributed by atoms with Gasteiger partial charge in [-0.05, 0) is 46.0 Å². The van der Waals surface area contributed by atoms with E-state index in [-0.39, 0.29) is 18.2 Å². The molecule has 0 saturated carbocycles. The molecule has 0 aromatic carbocycles. The van der Waals surface area contributed by atoms with Crippen LogP contribution in [0.5, 0.6) is 0 Å². The first kappa shape index (κ1) is 15.9. The van der Waals surface area contributed by atoms with Crippen LogP contribution in [0.25, 0.3) is 0 Å². The number of ketones is 1. The Balaban J connectivity index is 2.49. The van der Waals surface area contributed by atoms with Crippen LogP contribution in [0.3, 0.4) is 0 Å². The Hall–Kier alpha value is -1.16. The molecule has 19 heavy (non-hydrogen) atoms. The fourth-order valence-corrected chi connectivity index (χ4v) is 2.41. The Bertz CT molecular complexity index is 349. The Morgan fingerprint density at radius 2 is 2.11 bits per heavy atom. The minimum atomic E-state index is -0.808. The van der Waals surface area contributed by atoms with E-state index in [0.717, 1.165) is 25.8 Å². The number of carbonyl (C=O) groups excluding carboxylic acids is 1. The minimum Gasteiger partial charge on any atom is -0.481 e. The summed E-state index contributed by atoms with van der Waals surface area (Å²) in [7, 11) is 0. The van der Waals surface area contributed by atoms with Gasteiger partial charge < -0.3 is 5.11 Å². The monoisotopic (exact) mass is 267 g/mol. The van der Waals surface area contributed by atoms with E-state index < -0.39 is 5.97 Å². The summed E-state index contributed by atoms with van der Waals surface area (Å²) >= 11 is 0. The van der Waals surface area contributed by atoms with E-state index in [4.69, 9.17) is 5.11 Å². The van der Waals surface area contributed by atoms with E-state index in [9.17, 15) is 9.59 Å². The first-order chi connectivity index (χ1) is 9.00. The topological polar surface area (TPSA) is 57.6 Å². The van der Waals surface area contributed by atoms with Crippen LogP contribution < -0.4 is 0 Å². The quantitative estimate of drug-likeness (QED) is 0.687. The lowest BCUT2D eigenvalue weighted by molar-refractivity contribution is -0.138. The highest BCUT2D eigenvalue weighted by atomic mass is 16.4. The fraction of sp³-hybridized carbons (Fsp3) is 0.733. The van der Waals surface area contributed by atoms with Crippen LogP contribution in [0.2, 0.25) is 0 Å². The lowest BCUT2D eigenvalue weighted by Gasteiger charge is -2.27. The van der Waals surface area contributed by atoms with Crippen molar-refractivity contribution in [3.8, 4) is 0 Å². The number of allylic oxidation sites excluding steroid dienone is 1. The van der Waals surface area contributed by atoms with E-state index in [1.165, 1.54) is 18.4 Å². The standard InChI is InChI=1S/C15H25NO3/c1-12(13(2)17)16(11-9-15(18)19)10-8-14-6-4-3-5-7-14/h6,12H,3-5,7-11H2,1-2H3,(H,18,19). The van der Waals surface area contributed by atoms with E-state index in [0.29, 0.717) is 6.54 Å². The molecule has 1 atom stereocenters. The predicted molar refractivity (Wildman–Crippen MR) is 75.1 cm³/mol. The molecule has 0 aromatic heterocycles. The third-order valence-electron chi connectivity index (χ3n) is 3.85. The van der Waals surface area contributed by atoms with E-state index in [2.05, 4.69) is 6.08 Å². The molecular weight excluding hydrogens is 242 g/mol. The Morgan fingerprint density at radius 1 is 1.37 bits per heavy atom. The summed E-state index contributed by atoms with van der Waals surface area (Å²) in [4.78, 5) is 24.1. The number of carboxylic acid groups (broad SMARTS) is 1. The maximum Gasteiger partial charge on any atom is 0.304 e. The molecule has 0 aromatic rings. The SMILES string of the molecule is CC(=O)C(C)N(CCC(=O)O)CCC1=CCCCC1. The zero-order chi connectivity index (χ0) is 14.3. The minimum absolute atomic E-state index is 0.0939. The van der Waals surface area contributed by atoms with Gasteiger partial charge in [-0.15, -0.1) is 0 Å². The lowest BCUT2D eigenvalue weighted by Crippen LogP contribution is -2.40. The van der Waals surface area contributed by atoms with Gasteiger partial charge >= 0.3 is 5.97 Å². The molecule has 0 bridgehead atoms. The van der Waals surface area contributed by atoms with Crippen molar-refractivity contribution in [2.75, 3.05) is 13.1 Å². The molecular formula is C15H25NO3. The number of hydrogen-bond acceptors (Lipinski definition) is 3. The lowest BCUT2D eigenvalue weighted by atomic mass is 9.97. The largest absolute Gasteiger partial charge is 0.481 e. The Labute approximate surface area is 115 Å². The number of rotatable bonds is 8. The van der Waals surface area contributed by atoms with Crippen LogP contribution in [0.1, 0.15) is 52.4 Å². The number of Topliss-reactive ketones (excluding diaryl/α,β-unsaturated/α-hetero) is 1. The molecule has 0 amide bonds. The summed E-state index contributed by atoms with van der Waals surface area (Å²) in [6, 6.07) is -0.191. The van der Waals surface area contributed by atoms with E-state index in [1.807, 2.05) is 11.8 Å². The van der Waals surface area contributed by atoms with Gasteiger partial charge in [0.2, 0.25) is 0 Å². The molecule has 0 aliphatic heterocycles. The molecule has 0 radical (unpaired) electrons. The second-order valence-corrected chi connectivity index (χ2v) is 5.32. The molecule has 1 aliphatic carbocycles. The predicted octanol–water partition coefficient (Wildman–Crippen LogP) is 2.63. The van der Waals surface area contributed by atoms with E-state index >= 15 is 0 Å². The smallest absolute Gasteiger partial charge is 0.304 e. The first-order valence-corrected chi connectivity index (χ1v) is 7.15. The van der Waals surface area contributed by atoms with Crippen LogP contribution in [0.15, 0.2) is 11.6 Å². The van der Waals surface area contributed by atoms with Gasteiger partial charge in [0.15, 0.2) is 0 Å². The zero-order valence-corrected chi connectivity index (χ0v) is 12.0. The van der Waals surface area contributed by atoms with Gasteiger partial charge in [0.05, 0.1) is 12.5 Å². The maximum atomic E-state index is 11.5. The molecule has 0 heterocycles. The summed E-state index contributed by atoms with van der Waals surface area (Å²) in [5.41, 5.74) is 1.46. The Morgan fingerprint density at radius 3 is 2.63 bits per heavy atom. The summed E-state index contributed by atoms with van der Waals surface area (Å²) < 4.78 is 0. The van der Waals surface area contributed by atoms with Gasteiger partial charge in [0, 0.05) is 13.1 Å². The number of nitrogens with zero attached hydrogens (tertiary/aromatic N) is 1. The van der Waals surface area contributed by atoms with Crippen molar-refractivity contribution in [2.24, 2.45) is 0 Å². The molecule has 108 valence electrons. The molecule has 1 aliphatic rings. The van der Waals surface area contributed by atoms with Gasteiger partial charge in [-0.2, -0.15) is 0 Å². The molecule has 0 spiro atoms. The van der Waals surface area contributed by atoms with Crippen molar-refractivity contribution in [1.82, 2.24) is 4.90 Å². The zero-order valence-electron chi connectivity index (χ0n) is 12.0. The average molecular weight is 267 g/mol. The molecule has 1 rings (SSSR count). The van der Waals surface area contributed by atoms with E-state index in [1.54, 1.807) is 6.92 Å². The molecule has 1 N–H and O–H groups in total. The van der Waals surface area contributed by atoms with Gasteiger partial charge in [0.25, 0.3) is 0 Å². The number of carboxylic acids is 1. The number of carbonyl (C=O) groups is 2. The fourth-order valence-electron chi connectivity index (χ4n) is 2.41. The third-order valence-corrected chi connectivity index (χ3v) is 3.85. The van der Waals surface area contributed by atoms with Gasteiger partial charge in [-0.25, -0.2) is 0 Å². The maximum absolute atomic E-state index is 11.5. The molecule has 1 unspecified atom stereocenters. The molecule has 4 heteroatoms. The molecule has 0 saturated heterocycles. The highest BCUT2D eigenvalue weighted by molar-refractivity contribution is 5.81. The third kappa shape index (κ3) is 6.01. The van der Waals surface area contributed by atoms with Crippen LogP contribution >= 0.6 is 0 Å². The normalized spacial score (nSPS) is 17.1. The van der Waals surface area contributed by atoms with Crippen molar-refractivity contribution in [3.63, 3.8) is 0 Å². The molecule has 4 nitrogen and oxygen atoms in total. The van der Waals surface area contributed by atoms with Crippen molar-refractivity contribution in [3.05, 3.63) is 11.6 Å². The van der Waals surface area contributed by atoms with Crippen LogP contribution in [-0.4, -0.2) is 40.9 Å². The van der Waals surface area contributed by atoms with Crippen molar-refractivity contribution in [1.29, 1.82) is 0 Å². The summed E-state index contributed by atoms with van der Waals surface area (Å²) in [5, 5.41) is 8.78. The number of aliphatic carboxylic acids is 1. The second kappa shape index (κ2) is 8.10. The highest BCUT2D eigenvalue weighted by Crippen LogP contribution is 2.20. The average Bonchev–Trinajstić information content (AvgIpc) is 2.39. The summed E-state index contributed by atoms with van der Waals surface area (Å²) in [5.74, 6) is -0.708. The van der Waals surface area contributed by atoms with Crippen molar-refractivity contribution >= 4 is 11.8 Å². The summed E-state index contributed by atoms with van der Waals surface area (Å²) in [6.45, 7) is 4.65. The van der Waals surface area contributed by atoms with Gasteiger partial charge in [0.1, 0.15) is 5.78 Å². The van der Waals surface area contributed by atoms with Crippen molar-refractivity contribution < 1.29 is 14.7 Å². The van der Waals surface area contributed by atoms with Crippen molar-refractivity contribution in [2.45, 2.75) is 58.4 Å². The van der Waals surface area contributed by atoms with Gasteiger partial charge in [-0.1, -0.05) is 11.6 Å². The first-order valence-electron chi connectivity index (χ1n) is 7.15. The number of hydrogen-bond donors (Lipinski definition) is 1. The highest BCUT2D eigenvalue weighted by Gasteiger charge is 2.19. The Kier molecular flexibility index (Phi) is 6.78. The molecule has 0 fully saturated rings. The van der Waals surface area contributed by atoms with Gasteiger partial charge in [-0.3, -0.25) is 14.5 Å². The summed E-state index contributed by atoms with van der Waals surface area (Å²) in [6.07, 6.45) is 8.19. The second-order valence-electron chi connectivity index (χ2n) is 5.32. The van der Waals surface area contributed by atoms with Crippen LogP contribution in [-0.2, 0) is 9.59 Å².